The maximum atomic E-state index is 11.8. The molecule has 1 aromatic carbocycles. The Bertz CT molecular complexity index is 713. The Hall–Kier alpha value is -2.47. The van der Waals surface area contributed by atoms with Crippen LogP contribution in [0.5, 0.6) is 0 Å². The van der Waals surface area contributed by atoms with Crippen molar-refractivity contribution < 1.29 is 19.1 Å². The first-order chi connectivity index (χ1) is 12.5. The fourth-order valence-electron chi connectivity index (χ4n) is 2.41. The van der Waals surface area contributed by atoms with Gasteiger partial charge in [0.2, 0.25) is 0 Å². The number of benzene rings is 1. The molecule has 2 rings (SSSR count). The van der Waals surface area contributed by atoms with Crippen molar-refractivity contribution in [2.45, 2.75) is 38.6 Å². The largest absolute Gasteiger partial charge is 0.456 e. The molecule has 1 amide bonds. The van der Waals surface area contributed by atoms with E-state index < -0.39 is 5.97 Å². The van der Waals surface area contributed by atoms with E-state index in [1.165, 1.54) is 16.9 Å². The normalized spacial score (nSPS) is 11.6. The summed E-state index contributed by atoms with van der Waals surface area (Å²) in [5.74, 6) is -0.957. The number of carbonyl (C=O) groups is 3. The van der Waals surface area contributed by atoms with Crippen LogP contribution in [0.1, 0.15) is 41.4 Å². The molecular weight excluding hydrogens is 350 g/mol. The summed E-state index contributed by atoms with van der Waals surface area (Å²) in [6.07, 6.45) is 1.74. The van der Waals surface area contributed by atoms with Gasteiger partial charge < -0.3 is 10.1 Å². The fraction of sp³-hybridized carbons (Fsp3) is 0.350. The summed E-state index contributed by atoms with van der Waals surface area (Å²) in [6, 6.07) is 13.5. The third kappa shape index (κ3) is 7.19. The van der Waals surface area contributed by atoms with E-state index in [-0.39, 0.29) is 37.2 Å². The molecule has 1 heterocycles. The molecule has 1 atom stereocenters. The van der Waals surface area contributed by atoms with E-state index in [2.05, 4.69) is 5.32 Å². The van der Waals surface area contributed by atoms with Crippen LogP contribution in [0.3, 0.4) is 0 Å². The van der Waals surface area contributed by atoms with Gasteiger partial charge in [-0.1, -0.05) is 36.4 Å². The number of carbonyl (C=O) groups excluding carboxylic acids is 3. The van der Waals surface area contributed by atoms with Gasteiger partial charge in [-0.15, -0.1) is 11.3 Å². The first-order valence-corrected chi connectivity index (χ1v) is 9.48. The predicted octanol–water partition coefficient (Wildman–Crippen LogP) is 3.39. The maximum absolute atomic E-state index is 11.8. The number of aryl methyl sites for hydroxylation is 1. The SMILES string of the molecule is C[C@H](CCc1ccccc1)NC(=O)COC(=O)CCC(=O)c1cccs1. The zero-order valence-electron chi connectivity index (χ0n) is 14.8. The van der Waals surface area contributed by atoms with E-state index in [4.69, 9.17) is 4.74 Å². The van der Waals surface area contributed by atoms with Crippen molar-refractivity contribution in [1.82, 2.24) is 5.32 Å². The number of hydrogen-bond acceptors (Lipinski definition) is 5. The number of rotatable bonds is 10. The minimum Gasteiger partial charge on any atom is -0.456 e. The highest BCUT2D eigenvalue weighted by atomic mass is 32.1. The lowest BCUT2D eigenvalue weighted by Gasteiger charge is -2.14. The number of esters is 1. The molecule has 0 spiro atoms. The van der Waals surface area contributed by atoms with Crippen molar-refractivity contribution in [3.8, 4) is 0 Å². The van der Waals surface area contributed by atoms with Crippen molar-refractivity contribution >= 4 is 29.0 Å². The Morgan fingerprint density at radius 3 is 2.54 bits per heavy atom. The van der Waals surface area contributed by atoms with E-state index in [0.717, 1.165) is 12.8 Å². The average molecular weight is 373 g/mol. The molecule has 26 heavy (non-hydrogen) atoms. The third-order valence-corrected chi connectivity index (χ3v) is 4.74. The van der Waals surface area contributed by atoms with Crippen LogP contribution in [0.4, 0.5) is 0 Å². The number of ether oxygens (including phenoxy) is 1. The summed E-state index contributed by atoms with van der Waals surface area (Å²) in [5, 5.41) is 4.63. The molecule has 0 aliphatic rings. The van der Waals surface area contributed by atoms with Crippen molar-refractivity contribution in [3.05, 3.63) is 58.3 Å². The minimum atomic E-state index is -0.540. The van der Waals surface area contributed by atoms with Crippen LogP contribution in [-0.4, -0.2) is 30.3 Å². The highest BCUT2D eigenvalue weighted by Gasteiger charge is 2.13. The zero-order valence-corrected chi connectivity index (χ0v) is 15.6. The fourth-order valence-corrected chi connectivity index (χ4v) is 3.11. The Morgan fingerprint density at radius 2 is 1.85 bits per heavy atom. The van der Waals surface area contributed by atoms with Gasteiger partial charge in [-0.2, -0.15) is 0 Å². The van der Waals surface area contributed by atoms with Gasteiger partial charge in [0.1, 0.15) is 0 Å². The Morgan fingerprint density at radius 1 is 1.08 bits per heavy atom. The molecule has 0 fully saturated rings. The van der Waals surface area contributed by atoms with Gasteiger partial charge in [0.25, 0.3) is 5.91 Å². The molecule has 1 N–H and O–H groups in total. The smallest absolute Gasteiger partial charge is 0.306 e. The summed E-state index contributed by atoms with van der Waals surface area (Å²) >= 11 is 1.34. The van der Waals surface area contributed by atoms with Gasteiger partial charge in [0.15, 0.2) is 12.4 Å². The van der Waals surface area contributed by atoms with Crippen molar-refractivity contribution in [2.75, 3.05) is 6.61 Å². The van der Waals surface area contributed by atoms with E-state index >= 15 is 0 Å². The van der Waals surface area contributed by atoms with E-state index in [9.17, 15) is 14.4 Å². The van der Waals surface area contributed by atoms with Gasteiger partial charge in [0.05, 0.1) is 11.3 Å². The molecule has 5 nitrogen and oxygen atoms in total. The Balaban J connectivity index is 1.60. The lowest BCUT2D eigenvalue weighted by atomic mass is 10.1. The first kappa shape index (κ1) is 19.8. The third-order valence-electron chi connectivity index (χ3n) is 3.83. The minimum absolute atomic E-state index is 0.0122. The van der Waals surface area contributed by atoms with Crippen LogP contribution in [0.15, 0.2) is 47.8 Å². The van der Waals surface area contributed by atoms with Crippen LogP contribution in [-0.2, 0) is 20.7 Å². The van der Waals surface area contributed by atoms with Gasteiger partial charge in [-0.25, -0.2) is 0 Å². The summed E-state index contributed by atoms with van der Waals surface area (Å²) < 4.78 is 4.94. The number of nitrogens with one attached hydrogen (secondary N) is 1. The summed E-state index contributed by atoms with van der Waals surface area (Å²) in [7, 11) is 0. The van der Waals surface area contributed by atoms with Crippen LogP contribution >= 0.6 is 11.3 Å². The lowest BCUT2D eigenvalue weighted by Crippen LogP contribution is -2.36. The molecule has 0 saturated carbocycles. The Kier molecular flexibility index (Phi) is 8.02. The molecule has 6 heteroatoms. The highest BCUT2D eigenvalue weighted by molar-refractivity contribution is 7.12. The molecule has 1 aromatic heterocycles. The Labute approximate surface area is 157 Å². The quantitative estimate of drug-likeness (QED) is 0.512. The van der Waals surface area contributed by atoms with Gasteiger partial charge in [-0.3, -0.25) is 14.4 Å². The number of Topliss-reactive ketones (excluding diaryl/α,β-unsaturated/α-hetero) is 1. The second-order valence-electron chi connectivity index (χ2n) is 6.05. The summed E-state index contributed by atoms with van der Waals surface area (Å²) in [4.78, 5) is 35.9. The van der Waals surface area contributed by atoms with Crippen molar-refractivity contribution in [1.29, 1.82) is 0 Å². The monoisotopic (exact) mass is 373 g/mol. The van der Waals surface area contributed by atoms with Crippen LogP contribution < -0.4 is 5.32 Å². The molecule has 0 bridgehead atoms. The molecular formula is C20H23NO4S. The summed E-state index contributed by atoms with van der Waals surface area (Å²) in [5.41, 5.74) is 1.22. The predicted molar refractivity (Wildman–Crippen MR) is 101 cm³/mol. The number of amides is 1. The van der Waals surface area contributed by atoms with Gasteiger partial charge in [-0.05, 0) is 36.8 Å². The van der Waals surface area contributed by atoms with Gasteiger partial charge >= 0.3 is 5.97 Å². The van der Waals surface area contributed by atoms with Crippen LogP contribution in [0, 0.1) is 0 Å². The zero-order chi connectivity index (χ0) is 18.8. The number of hydrogen-bond donors (Lipinski definition) is 1. The summed E-state index contributed by atoms with van der Waals surface area (Å²) in [6.45, 7) is 1.60. The van der Waals surface area contributed by atoms with Crippen LogP contribution in [0.2, 0.25) is 0 Å². The van der Waals surface area contributed by atoms with E-state index in [1.54, 1.807) is 12.1 Å². The number of ketones is 1. The average Bonchev–Trinajstić information content (AvgIpc) is 3.18. The standard InChI is InChI=1S/C20H23NO4S/c1-15(9-10-16-6-3-2-4-7-16)21-19(23)14-25-20(24)12-11-17(22)18-8-5-13-26-18/h2-8,13,15H,9-12,14H2,1H3,(H,21,23)/t15-/m1/s1. The molecule has 0 unspecified atom stereocenters. The molecule has 0 aliphatic carbocycles. The second kappa shape index (κ2) is 10.5. The van der Waals surface area contributed by atoms with Crippen molar-refractivity contribution in [2.24, 2.45) is 0 Å². The molecule has 2 aromatic rings. The molecule has 0 aliphatic heterocycles. The molecule has 0 saturated heterocycles. The van der Waals surface area contributed by atoms with E-state index in [0.29, 0.717) is 4.88 Å². The topological polar surface area (TPSA) is 72.5 Å². The highest BCUT2D eigenvalue weighted by Crippen LogP contribution is 2.12. The van der Waals surface area contributed by atoms with Gasteiger partial charge in [0, 0.05) is 12.5 Å². The van der Waals surface area contributed by atoms with Crippen LogP contribution in [0.25, 0.3) is 0 Å². The first-order valence-electron chi connectivity index (χ1n) is 8.60. The van der Waals surface area contributed by atoms with Crippen molar-refractivity contribution in [3.63, 3.8) is 0 Å². The number of thiophene rings is 1. The van der Waals surface area contributed by atoms with E-state index in [1.807, 2.05) is 42.6 Å². The second-order valence-corrected chi connectivity index (χ2v) is 7.00. The molecule has 138 valence electrons. The molecule has 0 radical (unpaired) electrons. The lowest BCUT2D eigenvalue weighted by molar-refractivity contribution is -0.148. The maximum Gasteiger partial charge on any atom is 0.306 e.